The Balaban J connectivity index is 1.49. The molecule has 0 saturated carbocycles. The molecule has 3 aromatic heterocycles. The zero-order chi connectivity index (χ0) is 24.9. The lowest BCUT2D eigenvalue weighted by Gasteiger charge is -2.15. The Hall–Kier alpha value is -4.36. The maximum Gasteiger partial charge on any atom is 0.259 e. The second-order valence-corrected chi connectivity index (χ2v) is 9.47. The summed E-state index contributed by atoms with van der Waals surface area (Å²) < 4.78 is 0. The number of benzene rings is 2. The minimum Gasteiger partial charge on any atom is -0.364 e. The van der Waals surface area contributed by atoms with E-state index < -0.39 is 0 Å². The predicted octanol–water partition coefficient (Wildman–Crippen LogP) is 7.00. The molecule has 7 heteroatoms. The number of aromatic nitrogens is 3. The maximum atomic E-state index is 12.8. The molecule has 2 aromatic carbocycles. The molecule has 0 spiro atoms. The zero-order valence-electron chi connectivity index (χ0n) is 20.0. The Morgan fingerprint density at radius 2 is 1.78 bits per heavy atom. The summed E-state index contributed by atoms with van der Waals surface area (Å²) in [4.78, 5) is 27.1. The van der Waals surface area contributed by atoms with E-state index in [1.54, 1.807) is 30.7 Å². The van der Waals surface area contributed by atoms with Crippen LogP contribution in [0.25, 0.3) is 21.7 Å². The Bertz CT molecular complexity index is 1480. The normalized spacial score (nSPS) is 11.6. The van der Waals surface area contributed by atoms with Crippen molar-refractivity contribution in [1.82, 2.24) is 15.0 Å². The predicted molar refractivity (Wildman–Crippen MR) is 146 cm³/mol. The standard InChI is InChI=1S/C29H25N5OS/c1-19-8-6-11-22(16-19)26-27(36-29(33-26)34-28(35)24-12-7-14-30-18-24)23-13-15-31-25(17-23)32-20(2)21-9-4-3-5-10-21/h3-18,20H,1-2H3,(H,31,32)(H,33,34,35). The van der Waals surface area contributed by atoms with E-state index >= 15 is 0 Å². The van der Waals surface area contributed by atoms with Crippen LogP contribution in [0, 0.1) is 6.92 Å². The van der Waals surface area contributed by atoms with Gasteiger partial charge < -0.3 is 5.32 Å². The van der Waals surface area contributed by atoms with E-state index in [-0.39, 0.29) is 11.9 Å². The Morgan fingerprint density at radius 3 is 2.56 bits per heavy atom. The van der Waals surface area contributed by atoms with Crippen molar-refractivity contribution in [1.29, 1.82) is 0 Å². The molecule has 1 amide bonds. The molecule has 0 bridgehead atoms. The minimum absolute atomic E-state index is 0.0981. The molecule has 0 fully saturated rings. The molecular formula is C29H25N5OS. The number of rotatable bonds is 7. The van der Waals surface area contributed by atoms with E-state index in [4.69, 9.17) is 4.98 Å². The second-order valence-electron chi connectivity index (χ2n) is 8.47. The highest BCUT2D eigenvalue weighted by Gasteiger charge is 2.18. The van der Waals surface area contributed by atoms with Gasteiger partial charge in [-0.3, -0.25) is 15.1 Å². The smallest absolute Gasteiger partial charge is 0.259 e. The number of amides is 1. The molecule has 5 rings (SSSR count). The number of nitrogens with zero attached hydrogens (tertiary/aromatic N) is 3. The minimum atomic E-state index is -0.243. The first-order chi connectivity index (χ1) is 17.6. The van der Waals surface area contributed by atoms with E-state index in [0.29, 0.717) is 10.7 Å². The number of hydrogen-bond donors (Lipinski definition) is 2. The van der Waals surface area contributed by atoms with Gasteiger partial charge in [-0.15, -0.1) is 0 Å². The molecule has 0 saturated heterocycles. The van der Waals surface area contributed by atoms with Gasteiger partial charge in [0.25, 0.3) is 5.91 Å². The average Bonchev–Trinajstić information content (AvgIpc) is 3.34. The van der Waals surface area contributed by atoms with Crippen molar-refractivity contribution >= 4 is 28.2 Å². The number of carbonyl (C=O) groups excluding carboxylic acids is 1. The maximum absolute atomic E-state index is 12.8. The van der Waals surface area contributed by atoms with Crippen LogP contribution in [0.5, 0.6) is 0 Å². The molecule has 0 aliphatic carbocycles. The van der Waals surface area contributed by atoms with E-state index in [1.807, 2.05) is 42.5 Å². The summed E-state index contributed by atoms with van der Waals surface area (Å²) >= 11 is 1.44. The van der Waals surface area contributed by atoms with E-state index in [0.717, 1.165) is 33.1 Å². The number of aryl methyl sites for hydroxylation is 1. The first-order valence-corrected chi connectivity index (χ1v) is 12.5. The van der Waals surface area contributed by atoms with Gasteiger partial charge in [-0.2, -0.15) is 0 Å². The fraction of sp³-hybridized carbons (Fsp3) is 0.103. The third-order valence-electron chi connectivity index (χ3n) is 5.75. The van der Waals surface area contributed by atoms with Gasteiger partial charge in [-0.25, -0.2) is 9.97 Å². The molecule has 5 aromatic rings. The molecule has 2 N–H and O–H groups in total. The van der Waals surface area contributed by atoms with Crippen LogP contribution in [0.15, 0.2) is 97.5 Å². The molecule has 178 valence electrons. The molecule has 1 atom stereocenters. The van der Waals surface area contributed by atoms with Crippen molar-refractivity contribution < 1.29 is 4.79 Å². The lowest BCUT2D eigenvalue weighted by atomic mass is 10.1. The summed E-state index contributed by atoms with van der Waals surface area (Å²) in [5.41, 5.74) is 5.59. The number of hydrogen-bond acceptors (Lipinski definition) is 6. The molecule has 0 aliphatic rings. The summed E-state index contributed by atoms with van der Waals surface area (Å²) in [5.74, 6) is 0.529. The van der Waals surface area contributed by atoms with Crippen molar-refractivity contribution in [3.63, 3.8) is 0 Å². The van der Waals surface area contributed by atoms with Crippen LogP contribution in [0.2, 0.25) is 0 Å². The summed E-state index contributed by atoms with van der Waals surface area (Å²) in [6, 6.07) is 26.0. The third kappa shape index (κ3) is 5.31. The van der Waals surface area contributed by atoms with Crippen molar-refractivity contribution in [2.24, 2.45) is 0 Å². The van der Waals surface area contributed by atoms with Crippen LogP contribution in [0.1, 0.15) is 34.5 Å². The van der Waals surface area contributed by atoms with Crippen LogP contribution in [0.4, 0.5) is 10.9 Å². The molecule has 3 heterocycles. The number of carbonyl (C=O) groups is 1. The highest BCUT2D eigenvalue weighted by atomic mass is 32.1. The number of anilines is 2. The van der Waals surface area contributed by atoms with Gasteiger partial charge in [0.05, 0.1) is 16.1 Å². The summed E-state index contributed by atoms with van der Waals surface area (Å²) in [7, 11) is 0. The fourth-order valence-corrected chi connectivity index (χ4v) is 4.90. The Labute approximate surface area is 214 Å². The van der Waals surface area contributed by atoms with Crippen molar-refractivity contribution in [2.45, 2.75) is 19.9 Å². The quantitative estimate of drug-likeness (QED) is 0.256. The second kappa shape index (κ2) is 10.5. The number of pyridine rings is 2. The molecule has 36 heavy (non-hydrogen) atoms. The number of nitrogens with one attached hydrogen (secondary N) is 2. The highest BCUT2D eigenvalue weighted by Crippen LogP contribution is 2.40. The Morgan fingerprint density at radius 1 is 0.917 bits per heavy atom. The number of thiazole rings is 1. The van der Waals surface area contributed by atoms with Gasteiger partial charge in [-0.05, 0) is 55.3 Å². The van der Waals surface area contributed by atoms with Gasteiger partial charge in [0.2, 0.25) is 0 Å². The lowest BCUT2D eigenvalue weighted by molar-refractivity contribution is 0.102. The van der Waals surface area contributed by atoms with E-state index in [2.05, 4.69) is 58.7 Å². The van der Waals surface area contributed by atoms with Crippen LogP contribution >= 0.6 is 11.3 Å². The van der Waals surface area contributed by atoms with Crippen LogP contribution in [-0.2, 0) is 0 Å². The summed E-state index contributed by atoms with van der Waals surface area (Å²) in [6.07, 6.45) is 4.98. The van der Waals surface area contributed by atoms with Crippen molar-refractivity contribution in [3.05, 3.63) is 114 Å². The van der Waals surface area contributed by atoms with Crippen LogP contribution in [0.3, 0.4) is 0 Å². The third-order valence-corrected chi connectivity index (χ3v) is 6.77. The molecule has 0 radical (unpaired) electrons. The van der Waals surface area contributed by atoms with Crippen molar-refractivity contribution in [3.8, 4) is 21.7 Å². The summed E-state index contributed by atoms with van der Waals surface area (Å²) in [6.45, 7) is 4.17. The van der Waals surface area contributed by atoms with E-state index in [1.165, 1.54) is 16.9 Å². The van der Waals surface area contributed by atoms with Gasteiger partial charge in [0, 0.05) is 30.2 Å². The topological polar surface area (TPSA) is 79.8 Å². The molecular weight excluding hydrogens is 466 g/mol. The highest BCUT2D eigenvalue weighted by molar-refractivity contribution is 7.19. The van der Waals surface area contributed by atoms with E-state index in [9.17, 15) is 4.79 Å². The van der Waals surface area contributed by atoms with Crippen LogP contribution < -0.4 is 10.6 Å². The SMILES string of the molecule is Cc1cccc(-c2nc(NC(=O)c3cccnc3)sc2-c2ccnc(NC(C)c3ccccc3)c2)c1. The van der Waals surface area contributed by atoms with Gasteiger partial charge in [0.15, 0.2) is 5.13 Å². The monoisotopic (exact) mass is 491 g/mol. The molecule has 1 unspecified atom stereocenters. The zero-order valence-corrected chi connectivity index (χ0v) is 20.8. The van der Waals surface area contributed by atoms with Gasteiger partial charge >= 0.3 is 0 Å². The first kappa shape index (κ1) is 23.4. The average molecular weight is 492 g/mol. The molecule has 6 nitrogen and oxygen atoms in total. The summed E-state index contributed by atoms with van der Waals surface area (Å²) in [5, 5.41) is 6.96. The van der Waals surface area contributed by atoms with Gasteiger partial charge in [-0.1, -0.05) is 65.4 Å². The van der Waals surface area contributed by atoms with Crippen molar-refractivity contribution in [2.75, 3.05) is 10.6 Å². The Kier molecular flexibility index (Phi) is 6.82. The first-order valence-electron chi connectivity index (χ1n) is 11.6. The lowest BCUT2D eigenvalue weighted by Crippen LogP contribution is -2.11. The molecule has 0 aliphatic heterocycles. The van der Waals surface area contributed by atoms with Crippen LogP contribution in [-0.4, -0.2) is 20.9 Å². The largest absolute Gasteiger partial charge is 0.364 e. The fourth-order valence-electron chi connectivity index (χ4n) is 3.92. The van der Waals surface area contributed by atoms with Gasteiger partial charge in [0.1, 0.15) is 5.82 Å².